The second-order valence-electron chi connectivity index (χ2n) is 7.39. The van der Waals surface area contributed by atoms with E-state index in [0.717, 1.165) is 30.3 Å². The first-order valence-electron chi connectivity index (χ1n) is 10.7. The topological polar surface area (TPSA) is 82.3 Å². The number of carbonyl (C=O) groups excluding carboxylic acids is 1. The van der Waals surface area contributed by atoms with Gasteiger partial charge in [-0.05, 0) is 89.2 Å². The van der Waals surface area contributed by atoms with E-state index in [1.54, 1.807) is 31.4 Å². The Kier molecular flexibility index (Phi) is 8.29. The summed E-state index contributed by atoms with van der Waals surface area (Å²) in [6.45, 7) is 2.89. The van der Waals surface area contributed by atoms with Crippen LogP contribution in [-0.2, 0) is 6.61 Å². The van der Waals surface area contributed by atoms with E-state index < -0.39 is 5.91 Å². The molecule has 9 heteroatoms. The minimum atomic E-state index is -0.452. The van der Waals surface area contributed by atoms with Crippen LogP contribution in [0.15, 0.2) is 74.7 Å². The first-order chi connectivity index (χ1) is 17.0. The lowest BCUT2D eigenvalue weighted by Crippen LogP contribution is -2.16. The summed E-state index contributed by atoms with van der Waals surface area (Å²) in [5.41, 5.74) is 4.88. The smallest absolute Gasteiger partial charge is 0.307 e. The monoisotopic (exact) mass is 648 g/mol. The molecule has 4 aromatic rings. The number of furan rings is 1. The predicted octanol–water partition coefficient (Wildman–Crippen LogP) is 6.55. The van der Waals surface area contributed by atoms with Crippen LogP contribution in [0.3, 0.4) is 0 Å². The zero-order chi connectivity index (χ0) is 24.8. The van der Waals surface area contributed by atoms with E-state index in [-0.39, 0.29) is 5.76 Å². The minimum Gasteiger partial charge on any atom is -0.494 e. The number of carbonyl (C=O) groups is 1. The van der Waals surface area contributed by atoms with Gasteiger partial charge in [0.15, 0.2) is 17.3 Å². The molecule has 35 heavy (non-hydrogen) atoms. The second-order valence-corrected chi connectivity index (χ2v) is 9.47. The van der Waals surface area contributed by atoms with Crippen LogP contribution in [0.5, 0.6) is 17.2 Å². The highest BCUT2D eigenvalue weighted by molar-refractivity contribution is 14.1. The molecule has 0 bridgehead atoms. The first-order valence-corrected chi connectivity index (χ1v) is 12.6. The third kappa shape index (κ3) is 6.34. The fraction of sp³-hybridized carbons (Fsp3) is 0.154. The van der Waals surface area contributed by atoms with Gasteiger partial charge < -0.3 is 18.6 Å². The fourth-order valence-corrected chi connectivity index (χ4v) is 4.35. The molecule has 0 unspecified atom stereocenters. The summed E-state index contributed by atoms with van der Waals surface area (Å²) in [4.78, 5) is 12.5. The molecular formula is C26H22BrIN2O5. The van der Waals surface area contributed by atoms with Crippen molar-refractivity contribution in [1.29, 1.82) is 0 Å². The number of hydrogen-bond acceptors (Lipinski definition) is 6. The molecule has 0 radical (unpaired) electrons. The lowest BCUT2D eigenvalue weighted by atomic mass is 10.2. The number of amides is 1. The quantitative estimate of drug-likeness (QED) is 0.126. The molecule has 7 nitrogen and oxygen atoms in total. The van der Waals surface area contributed by atoms with Crippen molar-refractivity contribution in [3.8, 4) is 17.2 Å². The van der Waals surface area contributed by atoms with E-state index in [1.807, 2.05) is 43.3 Å². The first kappa shape index (κ1) is 25.1. The molecule has 0 saturated heterocycles. The molecule has 0 aliphatic rings. The average molecular weight is 649 g/mol. The lowest BCUT2D eigenvalue weighted by molar-refractivity contribution is 0.0929. The van der Waals surface area contributed by atoms with Crippen LogP contribution < -0.4 is 19.6 Å². The molecule has 0 saturated carbocycles. The molecule has 0 aliphatic carbocycles. The average Bonchev–Trinajstić information content (AvgIpc) is 3.28. The van der Waals surface area contributed by atoms with E-state index in [2.05, 4.69) is 49.0 Å². The number of hydrazone groups is 1. The normalized spacial score (nSPS) is 11.1. The van der Waals surface area contributed by atoms with Crippen LogP contribution >= 0.6 is 38.5 Å². The van der Waals surface area contributed by atoms with Crippen molar-refractivity contribution in [2.24, 2.45) is 5.10 Å². The van der Waals surface area contributed by atoms with E-state index in [1.165, 1.54) is 6.21 Å². The summed E-state index contributed by atoms with van der Waals surface area (Å²) < 4.78 is 24.5. The molecule has 0 spiro atoms. The summed E-state index contributed by atoms with van der Waals surface area (Å²) >= 11 is 5.62. The Morgan fingerprint density at radius 1 is 1.11 bits per heavy atom. The maximum atomic E-state index is 12.5. The molecule has 0 aliphatic heterocycles. The second kappa shape index (κ2) is 11.6. The number of halogens is 2. The molecule has 0 atom stereocenters. The van der Waals surface area contributed by atoms with E-state index in [9.17, 15) is 4.79 Å². The van der Waals surface area contributed by atoms with Gasteiger partial charge in [-0.3, -0.25) is 4.79 Å². The third-order valence-electron chi connectivity index (χ3n) is 4.95. The number of rotatable bonds is 9. The predicted molar refractivity (Wildman–Crippen MR) is 147 cm³/mol. The Bertz CT molecular complexity index is 1370. The summed E-state index contributed by atoms with van der Waals surface area (Å²) in [6.07, 6.45) is 1.54. The highest BCUT2D eigenvalue weighted by atomic mass is 127. The van der Waals surface area contributed by atoms with Gasteiger partial charge in [-0.25, -0.2) is 5.43 Å². The van der Waals surface area contributed by atoms with Gasteiger partial charge in [-0.2, -0.15) is 5.10 Å². The van der Waals surface area contributed by atoms with Gasteiger partial charge in [0.2, 0.25) is 0 Å². The zero-order valence-corrected chi connectivity index (χ0v) is 22.8. The molecule has 0 fully saturated rings. The van der Waals surface area contributed by atoms with E-state index >= 15 is 0 Å². The molecule has 1 N–H and O–H groups in total. The molecule has 1 amide bonds. The molecule has 180 valence electrons. The number of benzene rings is 3. The van der Waals surface area contributed by atoms with E-state index in [4.69, 9.17) is 18.6 Å². The third-order valence-corrected chi connectivity index (χ3v) is 6.28. The van der Waals surface area contributed by atoms with Crippen LogP contribution in [0.4, 0.5) is 0 Å². The summed E-state index contributed by atoms with van der Waals surface area (Å²) in [6, 6.07) is 18.7. The Balaban J connectivity index is 1.42. The number of fused-ring (bicyclic) bond motifs is 1. The summed E-state index contributed by atoms with van der Waals surface area (Å²) in [5, 5.41) is 4.85. The van der Waals surface area contributed by atoms with Crippen molar-refractivity contribution < 1.29 is 23.4 Å². The molecular weight excluding hydrogens is 627 g/mol. The standard InChI is InChI=1S/C26H22BrIN2O5/c1-3-33-20-8-9-22-18(12-20)13-24(35-22)26(31)30-29-14-17-10-21(28)25(23(11-17)32-2)34-15-16-4-6-19(27)7-5-16/h4-14H,3,15H2,1-2H3,(H,30,31)/b29-14+. The number of nitrogens with zero attached hydrogens (tertiary/aromatic N) is 1. The number of ether oxygens (including phenoxy) is 3. The maximum absolute atomic E-state index is 12.5. The molecule has 3 aromatic carbocycles. The van der Waals surface area contributed by atoms with Gasteiger partial charge in [-0.15, -0.1) is 0 Å². The largest absolute Gasteiger partial charge is 0.494 e. The van der Waals surface area contributed by atoms with Crippen molar-refractivity contribution in [3.05, 3.63) is 85.6 Å². The van der Waals surface area contributed by atoms with Crippen LogP contribution in [0, 0.1) is 3.57 Å². The van der Waals surface area contributed by atoms with Gasteiger partial charge in [0.25, 0.3) is 0 Å². The van der Waals surface area contributed by atoms with Gasteiger partial charge in [-0.1, -0.05) is 28.1 Å². The van der Waals surface area contributed by atoms with Crippen molar-refractivity contribution in [2.45, 2.75) is 13.5 Å². The van der Waals surface area contributed by atoms with Crippen molar-refractivity contribution in [1.82, 2.24) is 5.43 Å². The summed E-state index contributed by atoms with van der Waals surface area (Å²) in [7, 11) is 1.58. The van der Waals surface area contributed by atoms with Gasteiger partial charge >= 0.3 is 5.91 Å². The van der Waals surface area contributed by atoms with Crippen LogP contribution in [0.2, 0.25) is 0 Å². The SMILES string of the molecule is CCOc1ccc2oc(C(=O)N/N=C/c3cc(I)c(OCc4ccc(Br)cc4)c(OC)c3)cc2c1. The van der Waals surface area contributed by atoms with Crippen molar-refractivity contribution in [3.63, 3.8) is 0 Å². The van der Waals surface area contributed by atoms with Crippen LogP contribution in [-0.4, -0.2) is 25.8 Å². The molecule has 1 heterocycles. The Labute approximate surface area is 224 Å². The van der Waals surface area contributed by atoms with Crippen molar-refractivity contribution >= 4 is 61.6 Å². The molecule has 4 rings (SSSR count). The highest BCUT2D eigenvalue weighted by Gasteiger charge is 2.14. The van der Waals surface area contributed by atoms with Crippen LogP contribution in [0.25, 0.3) is 11.0 Å². The Morgan fingerprint density at radius 2 is 1.91 bits per heavy atom. The Hall–Kier alpha value is -3.05. The van der Waals surface area contributed by atoms with E-state index in [0.29, 0.717) is 30.3 Å². The van der Waals surface area contributed by atoms with Gasteiger partial charge in [0.1, 0.15) is 17.9 Å². The minimum absolute atomic E-state index is 0.162. The zero-order valence-electron chi connectivity index (χ0n) is 19.0. The fourth-order valence-electron chi connectivity index (χ4n) is 3.30. The Morgan fingerprint density at radius 3 is 2.66 bits per heavy atom. The maximum Gasteiger partial charge on any atom is 0.307 e. The number of hydrogen-bond donors (Lipinski definition) is 1. The highest BCUT2D eigenvalue weighted by Crippen LogP contribution is 2.34. The summed E-state index contributed by atoms with van der Waals surface area (Å²) in [5.74, 6) is 1.65. The lowest BCUT2D eigenvalue weighted by Gasteiger charge is -2.13. The van der Waals surface area contributed by atoms with Crippen molar-refractivity contribution in [2.75, 3.05) is 13.7 Å². The van der Waals surface area contributed by atoms with Gasteiger partial charge in [0, 0.05) is 9.86 Å². The number of nitrogens with one attached hydrogen (secondary N) is 1. The molecule has 1 aromatic heterocycles. The van der Waals surface area contributed by atoms with Crippen LogP contribution in [0.1, 0.15) is 28.6 Å². The van der Waals surface area contributed by atoms with Gasteiger partial charge in [0.05, 0.1) is 23.5 Å². The number of methoxy groups -OCH3 is 1.